The predicted molar refractivity (Wildman–Crippen MR) is 78.8 cm³/mol. The Morgan fingerprint density at radius 1 is 1.42 bits per heavy atom. The van der Waals surface area contributed by atoms with Gasteiger partial charge >= 0.3 is 0 Å². The van der Waals surface area contributed by atoms with Gasteiger partial charge in [-0.2, -0.15) is 0 Å². The number of ether oxygens (including phenoxy) is 1. The van der Waals surface area contributed by atoms with Crippen LogP contribution in [0.15, 0.2) is 0 Å². The van der Waals surface area contributed by atoms with Gasteiger partial charge in [0.05, 0.1) is 11.1 Å². The third kappa shape index (κ3) is 3.89. The molecule has 2 rings (SSSR count). The van der Waals surface area contributed by atoms with Gasteiger partial charge in [0.2, 0.25) is 5.91 Å². The average Bonchev–Trinajstić information content (AvgIpc) is 2.74. The van der Waals surface area contributed by atoms with Crippen LogP contribution in [-0.2, 0) is 9.53 Å². The maximum atomic E-state index is 12.0. The molecule has 0 bridgehead atoms. The summed E-state index contributed by atoms with van der Waals surface area (Å²) in [5.41, 5.74) is 5.72. The highest BCUT2D eigenvalue weighted by Crippen LogP contribution is 2.33. The van der Waals surface area contributed by atoms with E-state index in [-0.39, 0.29) is 17.9 Å². The molecule has 2 aliphatic carbocycles. The topological polar surface area (TPSA) is 64.3 Å². The van der Waals surface area contributed by atoms with Crippen molar-refractivity contribution in [3.63, 3.8) is 0 Å². The molecule has 2 atom stereocenters. The Labute approximate surface area is 120 Å². The van der Waals surface area contributed by atoms with Crippen LogP contribution in [-0.4, -0.2) is 29.6 Å². The van der Waals surface area contributed by atoms with E-state index in [1.54, 1.807) is 0 Å². The van der Waals surface area contributed by atoms with Crippen LogP contribution in [0, 0.1) is 11.8 Å². The van der Waals surface area contributed by atoms with Gasteiger partial charge in [-0.15, -0.1) is 0 Å². The first-order valence-corrected chi connectivity index (χ1v) is 7.71. The summed E-state index contributed by atoms with van der Waals surface area (Å²) in [6.45, 7) is 2.78. The van der Waals surface area contributed by atoms with E-state index in [9.17, 15) is 4.79 Å². The molecule has 0 spiro atoms. The standard InChI is InChI=1S/C14H24N2O2S/c1-2-18-10-6-9(7-10)8-13(17)16-12-5-3-4-11(12)14(15)19/h9-12H,2-8H2,1H3,(H2,15,19)(H,16,17). The highest BCUT2D eigenvalue weighted by molar-refractivity contribution is 7.80. The van der Waals surface area contributed by atoms with Crippen molar-refractivity contribution in [2.75, 3.05) is 6.61 Å². The lowest BCUT2D eigenvalue weighted by Gasteiger charge is -2.34. The second-order valence-electron chi connectivity index (χ2n) is 5.73. The van der Waals surface area contributed by atoms with Crippen LogP contribution in [0.4, 0.5) is 0 Å². The number of hydrogen-bond donors (Lipinski definition) is 2. The molecule has 0 heterocycles. The Morgan fingerprint density at radius 2 is 2.16 bits per heavy atom. The Kier molecular flexibility index (Phi) is 5.16. The SMILES string of the molecule is CCOC1CC(CC(=O)NC2CCCC2C(N)=S)C1. The molecule has 0 aliphatic heterocycles. The summed E-state index contributed by atoms with van der Waals surface area (Å²) in [7, 11) is 0. The summed E-state index contributed by atoms with van der Waals surface area (Å²) in [5.74, 6) is 0.825. The van der Waals surface area contributed by atoms with Gasteiger partial charge in [0.1, 0.15) is 0 Å². The van der Waals surface area contributed by atoms with Crippen LogP contribution in [0.1, 0.15) is 45.4 Å². The molecule has 2 saturated carbocycles. The molecule has 108 valence electrons. The molecule has 0 saturated heterocycles. The van der Waals surface area contributed by atoms with Crippen LogP contribution in [0.2, 0.25) is 0 Å². The van der Waals surface area contributed by atoms with Crippen molar-refractivity contribution in [2.45, 2.75) is 57.6 Å². The van der Waals surface area contributed by atoms with E-state index >= 15 is 0 Å². The Morgan fingerprint density at radius 3 is 2.79 bits per heavy atom. The van der Waals surface area contributed by atoms with Crippen LogP contribution < -0.4 is 11.1 Å². The quantitative estimate of drug-likeness (QED) is 0.730. The van der Waals surface area contributed by atoms with Crippen LogP contribution >= 0.6 is 12.2 Å². The molecule has 2 unspecified atom stereocenters. The Hall–Kier alpha value is -0.680. The molecule has 0 aromatic carbocycles. The second kappa shape index (κ2) is 6.66. The fraction of sp³-hybridized carbons (Fsp3) is 0.857. The molecule has 1 amide bonds. The summed E-state index contributed by atoms with van der Waals surface area (Å²) in [4.78, 5) is 12.5. The summed E-state index contributed by atoms with van der Waals surface area (Å²) in [6, 6.07) is 0.160. The van der Waals surface area contributed by atoms with E-state index in [2.05, 4.69) is 5.32 Å². The number of carbonyl (C=O) groups excluding carboxylic acids is 1. The lowest BCUT2D eigenvalue weighted by Crippen LogP contribution is -2.43. The first kappa shape index (κ1) is 14.7. The van der Waals surface area contributed by atoms with Crippen LogP contribution in [0.3, 0.4) is 0 Å². The van der Waals surface area contributed by atoms with Crippen molar-refractivity contribution in [3.8, 4) is 0 Å². The zero-order valence-electron chi connectivity index (χ0n) is 11.6. The van der Waals surface area contributed by atoms with Crippen LogP contribution in [0.25, 0.3) is 0 Å². The number of nitrogens with one attached hydrogen (secondary N) is 1. The van der Waals surface area contributed by atoms with Crippen molar-refractivity contribution >= 4 is 23.1 Å². The van der Waals surface area contributed by atoms with Crippen LogP contribution in [0.5, 0.6) is 0 Å². The third-order valence-electron chi connectivity index (χ3n) is 4.30. The van der Waals surface area contributed by atoms with E-state index in [4.69, 9.17) is 22.7 Å². The van der Waals surface area contributed by atoms with Gasteiger partial charge in [-0.3, -0.25) is 4.79 Å². The number of carbonyl (C=O) groups is 1. The lowest BCUT2D eigenvalue weighted by atomic mass is 9.80. The largest absolute Gasteiger partial charge is 0.393 e. The molecule has 2 aliphatic rings. The summed E-state index contributed by atoms with van der Waals surface area (Å²) >= 11 is 5.06. The van der Waals surface area contributed by atoms with Gasteiger partial charge in [0, 0.05) is 25.0 Å². The molecule has 0 aromatic rings. The maximum absolute atomic E-state index is 12.0. The Balaban J connectivity index is 1.69. The van der Waals surface area contributed by atoms with E-state index in [1.807, 2.05) is 6.92 Å². The fourth-order valence-corrected chi connectivity index (χ4v) is 3.50. The molecule has 5 heteroatoms. The summed E-state index contributed by atoms with van der Waals surface area (Å²) in [6.07, 6.45) is 6.14. The number of rotatable bonds is 6. The zero-order chi connectivity index (χ0) is 13.8. The van der Waals surface area contributed by atoms with Gasteiger partial charge < -0.3 is 15.8 Å². The zero-order valence-corrected chi connectivity index (χ0v) is 12.4. The van der Waals surface area contributed by atoms with Gasteiger partial charge in [0.25, 0.3) is 0 Å². The third-order valence-corrected chi connectivity index (χ3v) is 4.60. The van der Waals surface area contributed by atoms with Crippen molar-refractivity contribution in [3.05, 3.63) is 0 Å². The molecule has 2 fully saturated rings. The fourth-order valence-electron chi connectivity index (χ4n) is 3.21. The van der Waals surface area contributed by atoms with Crippen molar-refractivity contribution in [1.82, 2.24) is 5.32 Å². The molecule has 0 aromatic heterocycles. The minimum atomic E-state index is 0.146. The smallest absolute Gasteiger partial charge is 0.220 e. The average molecular weight is 284 g/mol. The van der Waals surface area contributed by atoms with Gasteiger partial charge in [-0.25, -0.2) is 0 Å². The lowest BCUT2D eigenvalue weighted by molar-refractivity contribution is -0.125. The minimum Gasteiger partial charge on any atom is -0.393 e. The van der Waals surface area contributed by atoms with Gasteiger partial charge in [0.15, 0.2) is 0 Å². The normalized spacial score (nSPS) is 33.7. The monoisotopic (exact) mass is 284 g/mol. The molecule has 0 radical (unpaired) electrons. The van der Waals surface area contributed by atoms with Gasteiger partial charge in [-0.1, -0.05) is 18.6 Å². The molecule has 3 N–H and O–H groups in total. The predicted octanol–water partition coefficient (Wildman–Crippen LogP) is 1.76. The molecular weight excluding hydrogens is 260 g/mol. The summed E-state index contributed by atoms with van der Waals surface area (Å²) < 4.78 is 5.51. The highest BCUT2D eigenvalue weighted by atomic mass is 32.1. The van der Waals surface area contributed by atoms with E-state index in [0.717, 1.165) is 38.7 Å². The van der Waals surface area contributed by atoms with Gasteiger partial charge in [-0.05, 0) is 38.5 Å². The number of amides is 1. The van der Waals surface area contributed by atoms with Crippen molar-refractivity contribution in [2.24, 2.45) is 17.6 Å². The molecular formula is C14H24N2O2S. The molecule has 4 nitrogen and oxygen atoms in total. The number of thiocarbonyl (C=S) groups is 1. The second-order valence-corrected chi connectivity index (χ2v) is 6.20. The summed E-state index contributed by atoms with van der Waals surface area (Å²) in [5, 5.41) is 3.11. The first-order chi connectivity index (χ1) is 9.10. The maximum Gasteiger partial charge on any atom is 0.220 e. The minimum absolute atomic E-state index is 0.146. The Bertz CT molecular complexity index is 342. The van der Waals surface area contributed by atoms with E-state index in [0.29, 0.717) is 23.4 Å². The number of hydrogen-bond acceptors (Lipinski definition) is 3. The van der Waals surface area contributed by atoms with Crippen molar-refractivity contribution < 1.29 is 9.53 Å². The number of nitrogens with two attached hydrogens (primary N) is 1. The van der Waals surface area contributed by atoms with E-state index in [1.165, 1.54) is 0 Å². The highest BCUT2D eigenvalue weighted by Gasteiger charge is 2.34. The van der Waals surface area contributed by atoms with Crippen molar-refractivity contribution in [1.29, 1.82) is 0 Å². The first-order valence-electron chi connectivity index (χ1n) is 7.30. The molecule has 19 heavy (non-hydrogen) atoms. The van der Waals surface area contributed by atoms with E-state index < -0.39 is 0 Å².